The Morgan fingerprint density at radius 3 is 2.77 bits per heavy atom. The van der Waals surface area contributed by atoms with Gasteiger partial charge in [0.2, 0.25) is 0 Å². The van der Waals surface area contributed by atoms with Crippen molar-refractivity contribution in [1.82, 2.24) is 14.7 Å². The quantitative estimate of drug-likeness (QED) is 0.872. The van der Waals surface area contributed by atoms with Gasteiger partial charge in [0.1, 0.15) is 0 Å². The van der Waals surface area contributed by atoms with Gasteiger partial charge in [-0.15, -0.1) is 11.3 Å². The van der Waals surface area contributed by atoms with Crippen molar-refractivity contribution in [2.24, 2.45) is 0 Å². The largest absolute Gasteiger partial charge is 0.435 e. The van der Waals surface area contributed by atoms with Crippen LogP contribution in [0.5, 0.6) is 0 Å². The lowest BCUT2D eigenvalue weighted by atomic mass is 10.3. The Labute approximate surface area is 128 Å². The molecule has 0 unspecified atom stereocenters. The standard InChI is InChI=1S/C13H13F3N4OS/c1-8-6-22-7-10(8)17-12(21)19-2-3-20-9(5-19)4-11(18-20)13(14,15)16/h4,6-7H,2-3,5H2,1H3,(H,17,21). The molecule has 1 N–H and O–H groups in total. The third kappa shape index (κ3) is 2.80. The molecule has 5 nitrogen and oxygen atoms in total. The van der Waals surface area contributed by atoms with Gasteiger partial charge < -0.3 is 10.2 Å². The van der Waals surface area contributed by atoms with Crippen LogP contribution in [0, 0.1) is 6.92 Å². The molecular formula is C13H13F3N4OS. The van der Waals surface area contributed by atoms with Crippen molar-refractivity contribution in [2.45, 2.75) is 26.2 Å². The van der Waals surface area contributed by atoms with Crippen LogP contribution in [0.25, 0.3) is 0 Å². The average molecular weight is 330 g/mol. The van der Waals surface area contributed by atoms with Gasteiger partial charge in [-0.25, -0.2) is 4.79 Å². The fourth-order valence-corrected chi connectivity index (χ4v) is 3.04. The van der Waals surface area contributed by atoms with E-state index in [4.69, 9.17) is 0 Å². The molecular weight excluding hydrogens is 317 g/mol. The molecule has 0 bridgehead atoms. The van der Waals surface area contributed by atoms with Crippen molar-refractivity contribution in [3.8, 4) is 0 Å². The maximum Gasteiger partial charge on any atom is 0.435 e. The number of urea groups is 1. The number of halogens is 3. The van der Waals surface area contributed by atoms with Gasteiger partial charge in [-0.1, -0.05) is 0 Å². The number of fused-ring (bicyclic) bond motifs is 1. The first-order valence-electron chi connectivity index (χ1n) is 6.57. The third-order valence-corrected chi connectivity index (χ3v) is 4.33. The van der Waals surface area contributed by atoms with E-state index in [1.165, 1.54) is 20.9 Å². The van der Waals surface area contributed by atoms with E-state index in [-0.39, 0.29) is 19.1 Å². The number of carbonyl (C=O) groups excluding carboxylic acids is 1. The molecule has 0 spiro atoms. The average Bonchev–Trinajstić information content (AvgIpc) is 3.04. The van der Waals surface area contributed by atoms with E-state index in [2.05, 4.69) is 10.4 Å². The highest BCUT2D eigenvalue weighted by Gasteiger charge is 2.36. The first-order chi connectivity index (χ1) is 10.3. The fourth-order valence-electron chi connectivity index (χ4n) is 2.26. The van der Waals surface area contributed by atoms with Crippen LogP contribution in [0.2, 0.25) is 0 Å². The molecule has 0 fully saturated rings. The minimum absolute atomic E-state index is 0.109. The highest BCUT2D eigenvalue weighted by molar-refractivity contribution is 7.08. The molecule has 0 aromatic carbocycles. The van der Waals surface area contributed by atoms with Crippen molar-refractivity contribution in [3.05, 3.63) is 33.8 Å². The van der Waals surface area contributed by atoms with Gasteiger partial charge in [0, 0.05) is 11.9 Å². The van der Waals surface area contributed by atoms with Gasteiger partial charge in [0.05, 0.1) is 24.5 Å². The lowest BCUT2D eigenvalue weighted by Crippen LogP contribution is -2.40. The third-order valence-electron chi connectivity index (χ3n) is 3.47. The van der Waals surface area contributed by atoms with E-state index in [1.807, 2.05) is 17.7 Å². The number of rotatable bonds is 1. The van der Waals surface area contributed by atoms with Gasteiger partial charge >= 0.3 is 12.2 Å². The molecule has 2 amide bonds. The number of thiophene rings is 1. The Morgan fingerprint density at radius 2 is 2.14 bits per heavy atom. The van der Waals surface area contributed by atoms with Crippen molar-refractivity contribution in [1.29, 1.82) is 0 Å². The zero-order chi connectivity index (χ0) is 15.9. The van der Waals surface area contributed by atoms with Gasteiger partial charge in [0.25, 0.3) is 0 Å². The minimum atomic E-state index is -4.47. The minimum Gasteiger partial charge on any atom is -0.317 e. The van der Waals surface area contributed by atoms with E-state index in [0.29, 0.717) is 12.2 Å². The van der Waals surface area contributed by atoms with Crippen molar-refractivity contribution in [2.75, 3.05) is 11.9 Å². The summed E-state index contributed by atoms with van der Waals surface area (Å²) >= 11 is 1.48. The molecule has 22 heavy (non-hydrogen) atoms. The summed E-state index contributed by atoms with van der Waals surface area (Å²) in [4.78, 5) is 13.7. The summed E-state index contributed by atoms with van der Waals surface area (Å²) in [7, 11) is 0. The summed E-state index contributed by atoms with van der Waals surface area (Å²) in [5.41, 5.74) is 1.15. The first kappa shape index (κ1) is 14.9. The van der Waals surface area contributed by atoms with Crippen LogP contribution in [0.15, 0.2) is 16.8 Å². The van der Waals surface area contributed by atoms with Crippen LogP contribution in [0.3, 0.4) is 0 Å². The maximum absolute atomic E-state index is 12.7. The fraction of sp³-hybridized carbons (Fsp3) is 0.385. The van der Waals surface area contributed by atoms with Crippen LogP contribution in [-0.4, -0.2) is 27.3 Å². The second-order valence-corrected chi connectivity index (χ2v) is 5.81. The van der Waals surface area contributed by atoms with Gasteiger partial charge in [-0.3, -0.25) is 4.68 Å². The number of alkyl halides is 3. The Morgan fingerprint density at radius 1 is 1.36 bits per heavy atom. The Hall–Kier alpha value is -2.03. The molecule has 0 saturated heterocycles. The molecule has 0 aliphatic carbocycles. The van der Waals surface area contributed by atoms with E-state index in [0.717, 1.165) is 17.3 Å². The predicted octanol–water partition coefficient (Wildman–Crippen LogP) is 3.32. The van der Waals surface area contributed by atoms with Gasteiger partial charge in [-0.2, -0.15) is 18.3 Å². The lowest BCUT2D eigenvalue weighted by Gasteiger charge is -2.27. The molecule has 0 saturated carbocycles. The number of carbonyl (C=O) groups is 1. The Balaban J connectivity index is 1.72. The van der Waals surface area contributed by atoms with Crippen LogP contribution < -0.4 is 5.32 Å². The van der Waals surface area contributed by atoms with E-state index >= 15 is 0 Å². The molecule has 1 aliphatic rings. The summed E-state index contributed by atoms with van der Waals surface area (Å²) in [5, 5.41) is 10.0. The van der Waals surface area contributed by atoms with Gasteiger partial charge in [-0.05, 0) is 23.9 Å². The van der Waals surface area contributed by atoms with E-state index in [9.17, 15) is 18.0 Å². The number of anilines is 1. The van der Waals surface area contributed by atoms with Crippen LogP contribution in [-0.2, 0) is 19.3 Å². The second kappa shape index (κ2) is 5.31. The Kier molecular flexibility index (Phi) is 3.59. The van der Waals surface area contributed by atoms with Crippen LogP contribution in [0.1, 0.15) is 17.0 Å². The molecule has 0 atom stereocenters. The molecule has 3 rings (SSSR count). The Bertz CT molecular complexity index is 706. The molecule has 0 radical (unpaired) electrons. The number of hydrogen-bond acceptors (Lipinski definition) is 3. The van der Waals surface area contributed by atoms with Crippen molar-refractivity contribution in [3.63, 3.8) is 0 Å². The monoisotopic (exact) mass is 330 g/mol. The number of aryl methyl sites for hydroxylation is 1. The molecule has 118 valence electrons. The first-order valence-corrected chi connectivity index (χ1v) is 7.51. The van der Waals surface area contributed by atoms with E-state index in [1.54, 1.807) is 0 Å². The lowest BCUT2D eigenvalue weighted by molar-refractivity contribution is -0.141. The summed E-state index contributed by atoms with van der Waals surface area (Å²) in [5.74, 6) is 0. The number of amides is 2. The van der Waals surface area contributed by atoms with E-state index < -0.39 is 11.9 Å². The smallest absolute Gasteiger partial charge is 0.317 e. The number of nitrogens with zero attached hydrogens (tertiary/aromatic N) is 3. The zero-order valence-electron chi connectivity index (χ0n) is 11.6. The molecule has 3 heterocycles. The number of nitrogens with one attached hydrogen (secondary N) is 1. The van der Waals surface area contributed by atoms with Crippen molar-refractivity contribution < 1.29 is 18.0 Å². The topological polar surface area (TPSA) is 50.2 Å². The molecule has 9 heteroatoms. The summed E-state index contributed by atoms with van der Waals surface area (Å²) in [6, 6.07) is 0.678. The SMILES string of the molecule is Cc1cscc1NC(=O)N1CCn2nc(C(F)(F)F)cc2C1. The maximum atomic E-state index is 12.7. The summed E-state index contributed by atoms with van der Waals surface area (Å²) in [6.07, 6.45) is -4.47. The van der Waals surface area contributed by atoms with Gasteiger partial charge in [0.15, 0.2) is 5.69 Å². The van der Waals surface area contributed by atoms with Crippen LogP contribution >= 0.6 is 11.3 Å². The molecule has 2 aromatic rings. The molecule has 2 aromatic heterocycles. The number of aromatic nitrogens is 2. The predicted molar refractivity (Wildman–Crippen MR) is 75.7 cm³/mol. The van der Waals surface area contributed by atoms with Crippen LogP contribution in [0.4, 0.5) is 23.7 Å². The second-order valence-electron chi connectivity index (χ2n) is 5.06. The van der Waals surface area contributed by atoms with Crippen molar-refractivity contribution >= 4 is 23.1 Å². The summed E-state index contributed by atoms with van der Waals surface area (Å²) in [6.45, 7) is 2.56. The normalized spacial score (nSPS) is 14.8. The zero-order valence-corrected chi connectivity index (χ0v) is 12.5. The summed E-state index contributed by atoms with van der Waals surface area (Å²) < 4.78 is 39.3. The molecule has 1 aliphatic heterocycles. The highest BCUT2D eigenvalue weighted by atomic mass is 32.1. The number of hydrogen-bond donors (Lipinski definition) is 1. The highest BCUT2D eigenvalue weighted by Crippen LogP contribution is 2.30.